The van der Waals surface area contributed by atoms with Crippen LogP contribution in [-0.4, -0.2) is 24.4 Å². The average Bonchev–Trinajstić information content (AvgIpc) is 2.66. The molecular weight excluding hydrogens is 228 g/mol. The first-order valence-corrected chi connectivity index (χ1v) is 5.77. The van der Waals surface area contributed by atoms with Crippen LogP contribution in [0.5, 0.6) is 5.75 Å². The molecule has 0 amide bonds. The normalized spacial score (nSPS) is 10.6. The Bertz CT molecular complexity index is 544. The number of rotatable bonds is 3. The number of carboxylic acid groups (broad SMARTS) is 1. The van der Waals surface area contributed by atoms with Gasteiger partial charge >= 0.3 is 5.97 Å². The first-order chi connectivity index (χ1) is 7.67. The summed E-state index contributed by atoms with van der Waals surface area (Å²) in [6.07, 6.45) is 1.82. The number of carboxylic acids is 1. The van der Waals surface area contributed by atoms with E-state index in [-0.39, 0.29) is 5.76 Å². The second-order valence-electron chi connectivity index (χ2n) is 3.13. The standard InChI is InChI=1S/C11H10O4S/c1-14-6-3-4-8-7(5-6)10(16-2)9(15-8)11(12)13/h3-5H,1-2H3,(H,12,13). The first kappa shape index (κ1) is 10.9. The number of carbonyl (C=O) groups is 1. The number of fused-ring (bicyclic) bond motifs is 1. The largest absolute Gasteiger partial charge is 0.497 e. The van der Waals surface area contributed by atoms with Crippen molar-refractivity contribution in [1.29, 1.82) is 0 Å². The number of hydrogen-bond donors (Lipinski definition) is 1. The molecule has 0 saturated heterocycles. The van der Waals surface area contributed by atoms with E-state index in [1.807, 2.05) is 6.26 Å². The van der Waals surface area contributed by atoms with Gasteiger partial charge in [0.15, 0.2) is 0 Å². The van der Waals surface area contributed by atoms with E-state index in [9.17, 15) is 4.79 Å². The van der Waals surface area contributed by atoms with Crippen molar-refractivity contribution in [3.05, 3.63) is 24.0 Å². The van der Waals surface area contributed by atoms with Crippen LogP contribution in [0.2, 0.25) is 0 Å². The molecular formula is C11H10O4S. The summed E-state index contributed by atoms with van der Waals surface area (Å²) in [4.78, 5) is 11.6. The van der Waals surface area contributed by atoms with Crippen molar-refractivity contribution in [2.45, 2.75) is 4.90 Å². The van der Waals surface area contributed by atoms with Gasteiger partial charge in [0.1, 0.15) is 11.3 Å². The predicted octanol–water partition coefficient (Wildman–Crippen LogP) is 2.86. The zero-order valence-electron chi connectivity index (χ0n) is 8.81. The van der Waals surface area contributed by atoms with Gasteiger partial charge in [-0.1, -0.05) is 0 Å². The van der Waals surface area contributed by atoms with Crippen molar-refractivity contribution in [1.82, 2.24) is 0 Å². The molecule has 5 heteroatoms. The lowest BCUT2D eigenvalue weighted by Crippen LogP contribution is -1.94. The Morgan fingerprint density at radius 2 is 2.25 bits per heavy atom. The number of methoxy groups -OCH3 is 1. The molecule has 2 rings (SSSR count). The van der Waals surface area contributed by atoms with Crippen molar-refractivity contribution in [2.75, 3.05) is 13.4 Å². The van der Waals surface area contributed by atoms with Gasteiger partial charge in [-0.15, -0.1) is 11.8 Å². The highest BCUT2D eigenvalue weighted by Gasteiger charge is 2.19. The molecule has 4 nitrogen and oxygen atoms in total. The molecule has 0 aliphatic rings. The van der Waals surface area contributed by atoms with E-state index in [1.165, 1.54) is 11.8 Å². The van der Waals surface area contributed by atoms with Crippen LogP contribution >= 0.6 is 11.8 Å². The fraction of sp³-hybridized carbons (Fsp3) is 0.182. The molecule has 0 radical (unpaired) electrons. The number of hydrogen-bond acceptors (Lipinski definition) is 4. The maximum Gasteiger partial charge on any atom is 0.373 e. The highest BCUT2D eigenvalue weighted by Crippen LogP contribution is 2.35. The quantitative estimate of drug-likeness (QED) is 0.833. The Hall–Kier alpha value is -1.62. The fourth-order valence-electron chi connectivity index (χ4n) is 1.52. The van der Waals surface area contributed by atoms with Gasteiger partial charge in [0, 0.05) is 5.39 Å². The third kappa shape index (κ3) is 1.63. The summed E-state index contributed by atoms with van der Waals surface area (Å²) >= 11 is 1.35. The van der Waals surface area contributed by atoms with Gasteiger partial charge in [-0.3, -0.25) is 0 Å². The number of aromatic carboxylic acids is 1. The van der Waals surface area contributed by atoms with Gasteiger partial charge in [0.05, 0.1) is 12.0 Å². The zero-order chi connectivity index (χ0) is 11.7. The summed E-state index contributed by atoms with van der Waals surface area (Å²) in [6.45, 7) is 0. The minimum absolute atomic E-state index is 0.0178. The molecule has 0 unspecified atom stereocenters. The molecule has 0 aliphatic carbocycles. The summed E-state index contributed by atoms with van der Waals surface area (Å²) in [7, 11) is 1.57. The van der Waals surface area contributed by atoms with Gasteiger partial charge in [-0.05, 0) is 24.5 Å². The third-order valence-electron chi connectivity index (χ3n) is 2.25. The lowest BCUT2D eigenvalue weighted by molar-refractivity contribution is 0.0660. The van der Waals surface area contributed by atoms with Crippen molar-refractivity contribution in [3.8, 4) is 5.75 Å². The number of benzene rings is 1. The molecule has 0 atom stereocenters. The second kappa shape index (κ2) is 4.09. The van der Waals surface area contributed by atoms with Crippen LogP contribution in [-0.2, 0) is 0 Å². The lowest BCUT2D eigenvalue weighted by atomic mass is 10.2. The number of thioether (sulfide) groups is 1. The summed E-state index contributed by atoms with van der Waals surface area (Å²) < 4.78 is 10.4. The fourth-order valence-corrected chi connectivity index (χ4v) is 2.22. The van der Waals surface area contributed by atoms with Crippen molar-refractivity contribution in [2.24, 2.45) is 0 Å². The Labute approximate surface area is 96.2 Å². The van der Waals surface area contributed by atoms with Crippen LogP contribution in [0, 0.1) is 0 Å². The Balaban J connectivity index is 2.73. The number of furan rings is 1. The molecule has 0 aliphatic heterocycles. The zero-order valence-corrected chi connectivity index (χ0v) is 9.63. The van der Waals surface area contributed by atoms with Crippen molar-refractivity contribution >= 4 is 28.7 Å². The lowest BCUT2D eigenvalue weighted by Gasteiger charge is -1.98. The summed E-state index contributed by atoms with van der Waals surface area (Å²) in [6, 6.07) is 5.22. The molecule has 1 heterocycles. The van der Waals surface area contributed by atoms with Crippen LogP contribution in [0.4, 0.5) is 0 Å². The Morgan fingerprint density at radius 1 is 1.50 bits per heavy atom. The van der Waals surface area contributed by atoms with Gasteiger partial charge < -0.3 is 14.3 Å². The Morgan fingerprint density at radius 3 is 2.81 bits per heavy atom. The summed E-state index contributed by atoms with van der Waals surface area (Å²) in [5.41, 5.74) is 0.558. The third-order valence-corrected chi connectivity index (χ3v) is 3.06. The van der Waals surface area contributed by atoms with Crippen LogP contribution in [0.3, 0.4) is 0 Å². The SMILES string of the molecule is COc1ccc2oc(C(=O)O)c(SC)c2c1. The minimum atomic E-state index is -1.06. The molecule has 0 saturated carbocycles. The van der Waals surface area contributed by atoms with E-state index in [4.69, 9.17) is 14.3 Å². The highest BCUT2D eigenvalue weighted by atomic mass is 32.2. The van der Waals surface area contributed by atoms with Gasteiger partial charge in [0.2, 0.25) is 5.76 Å². The molecule has 0 spiro atoms. The Kier molecular flexibility index (Phi) is 2.78. The van der Waals surface area contributed by atoms with E-state index in [0.717, 1.165) is 5.39 Å². The van der Waals surface area contributed by atoms with E-state index >= 15 is 0 Å². The number of ether oxygens (including phenoxy) is 1. The van der Waals surface area contributed by atoms with Crippen LogP contribution in [0.1, 0.15) is 10.6 Å². The van der Waals surface area contributed by atoms with E-state index < -0.39 is 5.97 Å². The van der Waals surface area contributed by atoms with Crippen molar-refractivity contribution < 1.29 is 19.1 Å². The molecule has 1 aromatic heterocycles. The first-order valence-electron chi connectivity index (χ1n) is 4.55. The molecule has 16 heavy (non-hydrogen) atoms. The van der Waals surface area contributed by atoms with E-state index in [2.05, 4.69) is 0 Å². The van der Waals surface area contributed by atoms with E-state index in [0.29, 0.717) is 16.2 Å². The molecule has 1 N–H and O–H groups in total. The maximum atomic E-state index is 11.0. The van der Waals surface area contributed by atoms with Crippen LogP contribution in [0.25, 0.3) is 11.0 Å². The van der Waals surface area contributed by atoms with Gasteiger partial charge in [0.25, 0.3) is 0 Å². The van der Waals surface area contributed by atoms with E-state index in [1.54, 1.807) is 25.3 Å². The second-order valence-corrected chi connectivity index (χ2v) is 3.95. The maximum absolute atomic E-state index is 11.0. The topological polar surface area (TPSA) is 59.7 Å². The predicted molar refractivity (Wildman–Crippen MR) is 61.5 cm³/mol. The molecule has 1 aromatic carbocycles. The van der Waals surface area contributed by atoms with Gasteiger partial charge in [-0.25, -0.2) is 4.79 Å². The smallest absolute Gasteiger partial charge is 0.373 e. The molecule has 0 fully saturated rings. The van der Waals surface area contributed by atoms with Crippen LogP contribution < -0.4 is 4.74 Å². The molecule has 2 aromatic rings. The summed E-state index contributed by atoms with van der Waals surface area (Å²) in [5.74, 6) is -0.393. The summed E-state index contributed by atoms with van der Waals surface area (Å²) in [5, 5.41) is 9.75. The molecule has 84 valence electrons. The van der Waals surface area contributed by atoms with Crippen molar-refractivity contribution in [3.63, 3.8) is 0 Å². The highest BCUT2D eigenvalue weighted by molar-refractivity contribution is 7.98. The average molecular weight is 238 g/mol. The van der Waals surface area contributed by atoms with Gasteiger partial charge in [-0.2, -0.15) is 0 Å². The van der Waals surface area contributed by atoms with Crippen LogP contribution in [0.15, 0.2) is 27.5 Å². The minimum Gasteiger partial charge on any atom is -0.497 e. The molecule has 0 bridgehead atoms. The monoisotopic (exact) mass is 238 g/mol.